The molecule has 5 heteroatoms. The Bertz CT molecular complexity index is 558. The van der Waals surface area contributed by atoms with Gasteiger partial charge in [0.2, 0.25) is 5.91 Å². The van der Waals surface area contributed by atoms with Crippen LogP contribution in [0.5, 0.6) is 0 Å². The zero-order valence-corrected chi connectivity index (χ0v) is 13.1. The van der Waals surface area contributed by atoms with Gasteiger partial charge >= 0.3 is 0 Å². The molecule has 118 valence electrons. The van der Waals surface area contributed by atoms with Gasteiger partial charge in [-0.15, -0.1) is 0 Å². The molecule has 0 unspecified atom stereocenters. The summed E-state index contributed by atoms with van der Waals surface area (Å²) in [5, 5.41) is 0. The van der Waals surface area contributed by atoms with Crippen LogP contribution in [-0.2, 0) is 9.53 Å². The first-order chi connectivity index (χ1) is 10.7. The van der Waals surface area contributed by atoms with Crippen LogP contribution in [0.2, 0.25) is 0 Å². The third-order valence-corrected chi connectivity index (χ3v) is 5.77. The van der Waals surface area contributed by atoms with Crippen LogP contribution in [0.15, 0.2) is 24.5 Å². The van der Waals surface area contributed by atoms with Crippen molar-refractivity contribution in [2.75, 3.05) is 37.7 Å². The number of anilines is 1. The Labute approximate surface area is 131 Å². The second-order valence-electron chi connectivity index (χ2n) is 6.92. The van der Waals surface area contributed by atoms with Crippen LogP contribution in [0.25, 0.3) is 0 Å². The second-order valence-corrected chi connectivity index (χ2v) is 6.92. The van der Waals surface area contributed by atoms with Crippen LogP contribution < -0.4 is 4.90 Å². The van der Waals surface area contributed by atoms with Crippen LogP contribution in [0.1, 0.15) is 19.8 Å². The van der Waals surface area contributed by atoms with E-state index < -0.39 is 0 Å². The van der Waals surface area contributed by atoms with E-state index in [0.717, 1.165) is 51.4 Å². The van der Waals surface area contributed by atoms with Gasteiger partial charge in [-0.25, -0.2) is 0 Å². The SMILES string of the molecule is C[C@@H]1CN([C@H]2CCOC2)C[C@]12CCN(c1cccnc1)C2=O. The van der Waals surface area contributed by atoms with Gasteiger partial charge in [-0.3, -0.25) is 14.7 Å². The number of likely N-dealkylation sites (tertiary alicyclic amines) is 1. The quantitative estimate of drug-likeness (QED) is 0.831. The molecule has 0 aromatic carbocycles. The second kappa shape index (κ2) is 5.32. The first kappa shape index (κ1) is 14.2. The summed E-state index contributed by atoms with van der Waals surface area (Å²) >= 11 is 0. The fourth-order valence-corrected chi connectivity index (χ4v) is 4.35. The summed E-state index contributed by atoms with van der Waals surface area (Å²) in [6.45, 7) is 6.63. The zero-order chi connectivity index (χ0) is 15.2. The number of hydrogen-bond donors (Lipinski definition) is 0. The van der Waals surface area contributed by atoms with Gasteiger partial charge in [-0.2, -0.15) is 0 Å². The molecule has 3 atom stereocenters. The minimum absolute atomic E-state index is 0.210. The van der Waals surface area contributed by atoms with E-state index in [-0.39, 0.29) is 11.3 Å². The normalized spacial score (nSPS) is 35.9. The van der Waals surface area contributed by atoms with Gasteiger partial charge in [-0.05, 0) is 30.9 Å². The Balaban J connectivity index is 1.56. The van der Waals surface area contributed by atoms with Gasteiger partial charge in [-0.1, -0.05) is 6.92 Å². The highest BCUT2D eigenvalue weighted by Gasteiger charge is 2.56. The van der Waals surface area contributed by atoms with Gasteiger partial charge in [0.1, 0.15) is 0 Å². The molecule has 3 fully saturated rings. The molecular weight excluding hydrogens is 278 g/mol. The van der Waals surface area contributed by atoms with Crippen molar-refractivity contribution in [3.63, 3.8) is 0 Å². The maximum absolute atomic E-state index is 13.1. The molecule has 0 bridgehead atoms. The van der Waals surface area contributed by atoms with Crippen LogP contribution in [-0.4, -0.2) is 54.7 Å². The van der Waals surface area contributed by atoms with Gasteiger partial charge in [0.05, 0.1) is 23.9 Å². The molecule has 0 N–H and O–H groups in total. The van der Waals surface area contributed by atoms with E-state index in [1.807, 2.05) is 17.0 Å². The molecule has 5 nitrogen and oxygen atoms in total. The summed E-state index contributed by atoms with van der Waals surface area (Å²) in [5.74, 6) is 0.691. The molecule has 3 aliphatic heterocycles. The predicted octanol–water partition coefficient (Wildman–Crippen LogP) is 1.55. The van der Waals surface area contributed by atoms with E-state index in [1.54, 1.807) is 12.4 Å². The van der Waals surface area contributed by atoms with Crippen molar-refractivity contribution in [2.24, 2.45) is 11.3 Å². The molecule has 22 heavy (non-hydrogen) atoms. The Morgan fingerprint density at radius 1 is 1.45 bits per heavy atom. The van der Waals surface area contributed by atoms with Gasteiger partial charge < -0.3 is 9.64 Å². The average Bonchev–Trinajstić information content (AvgIpc) is 3.23. The molecule has 4 rings (SSSR count). The highest BCUT2D eigenvalue weighted by Crippen LogP contribution is 2.46. The number of aromatic nitrogens is 1. The van der Waals surface area contributed by atoms with Crippen LogP contribution in [0.4, 0.5) is 5.69 Å². The molecule has 0 saturated carbocycles. The fourth-order valence-electron chi connectivity index (χ4n) is 4.35. The van der Waals surface area contributed by atoms with Crippen molar-refractivity contribution in [1.82, 2.24) is 9.88 Å². The average molecular weight is 301 g/mol. The first-order valence-electron chi connectivity index (χ1n) is 8.24. The summed E-state index contributed by atoms with van der Waals surface area (Å²) in [4.78, 5) is 21.7. The Morgan fingerprint density at radius 2 is 2.36 bits per heavy atom. The third-order valence-electron chi connectivity index (χ3n) is 5.77. The number of pyridine rings is 1. The summed E-state index contributed by atoms with van der Waals surface area (Å²) in [5.41, 5.74) is 0.720. The highest BCUT2D eigenvalue weighted by atomic mass is 16.5. The molecule has 3 aliphatic rings. The van der Waals surface area contributed by atoms with Crippen LogP contribution in [0, 0.1) is 11.3 Å². The lowest BCUT2D eigenvalue weighted by Crippen LogP contribution is -2.41. The van der Waals surface area contributed by atoms with Crippen molar-refractivity contribution in [3.8, 4) is 0 Å². The smallest absolute Gasteiger partial charge is 0.234 e. The molecule has 1 aromatic heterocycles. The summed E-state index contributed by atoms with van der Waals surface area (Å²) < 4.78 is 5.53. The molecular formula is C17H23N3O2. The number of hydrogen-bond acceptors (Lipinski definition) is 4. The Morgan fingerprint density at radius 3 is 3.09 bits per heavy atom. The van der Waals surface area contributed by atoms with E-state index in [0.29, 0.717) is 12.0 Å². The van der Waals surface area contributed by atoms with Crippen molar-refractivity contribution in [1.29, 1.82) is 0 Å². The molecule has 0 aliphatic carbocycles. The predicted molar refractivity (Wildman–Crippen MR) is 83.6 cm³/mol. The minimum Gasteiger partial charge on any atom is -0.380 e. The van der Waals surface area contributed by atoms with Crippen molar-refractivity contribution >= 4 is 11.6 Å². The number of amides is 1. The molecule has 0 radical (unpaired) electrons. The van der Waals surface area contributed by atoms with Gasteiger partial charge in [0.25, 0.3) is 0 Å². The van der Waals surface area contributed by atoms with Gasteiger partial charge in [0, 0.05) is 38.5 Å². The van der Waals surface area contributed by atoms with Crippen molar-refractivity contribution in [3.05, 3.63) is 24.5 Å². The molecule has 3 saturated heterocycles. The number of rotatable bonds is 2. The van der Waals surface area contributed by atoms with E-state index >= 15 is 0 Å². The number of carbonyl (C=O) groups excluding carboxylic acids is 1. The summed E-state index contributed by atoms with van der Waals surface area (Å²) in [6, 6.07) is 4.38. The largest absolute Gasteiger partial charge is 0.380 e. The monoisotopic (exact) mass is 301 g/mol. The summed E-state index contributed by atoms with van der Waals surface area (Å²) in [7, 11) is 0. The van der Waals surface area contributed by atoms with E-state index in [4.69, 9.17) is 4.74 Å². The van der Waals surface area contributed by atoms with Crippen molar-refractivity contribution in [2.45, 2.75) is 25.8 Å². The maximum atomic E-state index is 13.1. The number of ether oxygens (including phenoxy) is 1. The van der Waals surface area contributed by atoms with Crippen LogP contribution in [0.3, 0.4) is 0 Å². The fraction of sp³-hybridized carbons (Fsp3) is 0.647. The topological polar surface area (TPSA) is 45.7 Å². The minimum atomic E-state index is -0.210. The third kappa shape index (κ3) is 2.07. The standard InChI is InChI=1S/C17H23N3O2/c1-13-10-19(15-4-8-22-11-15)12-17(13)5-7-20(16(17)21)14-3-2-6-18-9-14/h2-3,6,9,13,15H,4-5,7-8,10-12H2,1H3/t13-,15+,17-/m1/s1. The van der Waals surface area contributed by atoms with E-state index in [9.17, 15) is 4.79 Å². The van der Waals surface area contributed by atoms with Gasteiger partial charge in [0.15, 0.2) is 0 Å². The highest BCUT2D eigenvalue weighted by molar-refractivity contribution is 6.00. The Hall–Kier alpha value is -1.46. The molecule has 1 amide bonds. The summed E-state index contributed by atoms with van der Waals surface area (Å²) in [6.07, 6.45) is 5.59. The first-order valence-corrected chi connectivity index (χ1v) is 8.24. The molecule has 1 aromatic rings. The Kier molecular flexibility index (Phi) is 3.42. The zero-order valence-electron chi connectivity index (χ0n) is 13.1. The lowest BCUT2D eigenvalue weighted by molar-refractivity contribution is -0.126. The lowest BCUT2D eigenvalue weighted by Gasteiger charge is -2.27. The lowest BCUT2D eigenvalue weighted by atomic mass is 9.78. The van der Waals surface area contributed by atoms with E-state index in [2.05, 4.69) is 16.8 Å². The van der Waals surface area contributed by atoms with E-state index in [1.165, 1.54) is 0 Å². The van der Waals surface area contributed by atoms with Crippen LogP contribution >= 0.6 is 0 Å². The molecule has 1 spiro atoms. The maximum Gasteiger partial charge on any atom is 0.234 e. The van der Waals surface area contributed by atoms with Crippen molar-refractivity contribution < 1.29 is 9.53 Å². The molecule has 4 heterocycles. The number of carbonyl (C=O) groups is 1. The number of nitrogens with zero attached hydrogens (tertiary/aromatic N) is 3.